The van der Waals surface area contributed by atoms with Gasteiger partial charge in [-0.15, -0.1) is 5.10 Å². The average Bonchev–Trinajstić information content (AvgIpc) is 2.43. The Balaban J connectivity index is 2.39. The van der Waals surface area contributed by atoms with E-state index in [4.69, 9.17) is 4.74 Å². The number of nitrogens with zero attached hydrogens (tertiary/aromatic N) is 2. The molecule has 0 aliphatic carbocycles. The van der Waals surface area contributed by atoms with Crippen molar-refractivity contribution in [3.05, 3.63) is 17.8 Å². The minimum atomic E-state index is 0.296. The number of aromatic nitrogens is 2. The zero-order valence-corrected chi connectivity index (χ0v) is 11.8. The topological polar surface area (TPSA) is 47.0 Å². The van der Waals surface area contributed by atoms with Gasteiger partial charge in [0.25, 0.3) is 0 Å². The maximum Gasteiger partial charge on any atom is 0.233 e. The molecule has 1 heterocycles. The van der Waals surface area contributed by atoms with Gasteiger partial charge in [-0.05, 0) is 19.5 Å². The van der Waals surface area contributed by atoms with Gasteiger partial charge >= 0.3 is 0 Å². The lowest BCUT2D eigenvalue weighted by Gasteiger charge is -2.15. The standard InChI is InChI=1S/C14H25N3O/c1-4-5-6-7-8-9-12(15-2)13-10-11-14(18-3)17-16-13/h10-12,15H,4-9H2,1-3H3. The lowest BCUT2D eigenvalue weighted by Crippen LogP contribution is -2.18. The van der Waals surface area contributed by atoms with Crippen LogP contribution in [0.15, 0.2) is 12.1 Å². The van der Waals surface area contributed by atoms with Crippen LogP contribution in [-0.2, 0) is 0 Å². The average molecular weight is 251 g/mol. The first-order chi connectivity index (χ1) is 8.81. The fourth-order valence-electron chi connectivity index (χ4n) is 2.02. The molecule has 0 spiro atoms. The van der Waals surface area contributed by atoms with Gasteiger partial charge in [0.15, 0.2) is 0 Å². The van der Waals surface area contributed by atoms with Gasteiger partial charge in [-0.3, -0.25) is 0 Å². The third-order valence-electron chi connectivity index (χ3n) is 3.17. The van der Waals surface area contributed by atoms with E-state index in [0.29, 0.717) is 11.9 Å². The quantitative estimate of drug-likeness (QED) is 0.685. The number of unbranched alkanes of at least 4 members (excludes halogenated alkanes) is 4. The molecule has 1 rings (SSSR count). The van der Waals surface area contributed by atoms with Gasteiger partial charge in [-0.25, -0.2) is 0 Å². The van der Waals surface area contributed by atoms with Crippen molar-refractivity contribution in [1.29, 1.82) is 0 Å². The van der Waals surface area contributed by atoms with Gasteiger partial charge in [-0.2, -0.15) is 5.10 Å². The van der Waals surface area contributed by atoms with Crippen LogP contribution in [0.2, 0.25) is 0 Å². The van der Waals surface area contributed by atoms with E-state index in [1.807, 2.05) is 19.2 Å². The van der Waals surface area contributed by atoms with Crippen molar-refractivity contribution >= 4 is 0 Å². The molecule has 1 unspecified atom stereocenters. The van der Waals surface area contributed by atoms with E-state index in [1.54, 1.807) is 7.11 Å². The Morgan fingerprint density at radius 3 is 2.50 bits per heavy atom. The highest BCUT2D eigenvalue weighted by Gasteiger charge is 2.10. The Labute approximate surface area is 110 Å². The second-order valence-electron chi connectivity index (χ2n) is 4.54. The summed E-state index contributed by atoms with van der Waals surface area (Å²) < 4.78 is 5.01. The van der Waals surface area contributed by atoms with Gasteiger partial charge in [0, 0.05) is 6.07 Å². The van der Waals surface area contributed by atoms with Crippen LogP contribution in [0.3, 0.4) is 0 Å². The minimum absolute atomic E-state index is 0.296. The zero-order valence-electron chi connectivity index (χ0n) is 11.8. The lowest BCUT2D eigenvalue weighted by atomic mass is 10.0. The highest BCUT2D eigenvalue weighted by Crippen LogP contribution is 2.18. The fraction of sp³-hybridized carbons (Fsp3) is 0.714. The van der Waals surface area contributed by atoms with E-state index in [2.05, 4.69) is 22.4 Å². The molecular formula is C14H25N3O. The van der Waals surface area contributed by atoms with Crippen LogP contribution in [0.25, 0.3) is 0 Å². The highest BCUT2D eigenvalue weighted by atomic mass is 16.5. The largest absolute Gasteiger partial charge is 0.480 e. The van der Waals surface area contributed by atoms with Crippen LogP contribution >= 0.6 is 0 Å². The number of rotatable bonds is 9. The molecule has 0 aliphatic rings. The van der Waals surface area contributed by atoms with Gasteiger partial charge in [0.05, 0.1) is 18.8 Å². The normalized spacial score (nSPS) is 12.4. The maximum absolute atomic E-state index is 5.01. The SMILES string of the molecule is CCCCCCCC(NC)c1ccc(OC)nn1. The summed E-state index contributed by atoms with van der Waals surface area (Å²) in [6.07, 6.45) is 7.61. The summed E-state index contributed by atoms with van der Waals surface area (Å²) in [6.45, 7) is 2.24. The molecule has 1 atom stereocenters. The molecular weight excluding hydrogens is 226 g/mol. The molecule has 1 aromatic rings. The van der Waals surface area contributed by atoms with Crippen LogP contribution < -0.4 is 10.1 Å². The smallest absolute Gasteiger partial charge is 0.233 e. The summed E-state index contributed by atoms with van der Waals surface area (Å²) in [5, 5.41) is 11.5. The summed E-state index contributed by atoms with van der Waals surface area (Å²) >= 11 is 0. The van der Waals surface area contributed by atoms with Crippen LogP contribution in [-0.4, -0.2) is 24.4 Å². The number of nitrogens with one attached hydrogen (secondary N) is 1. The van der Waals surface area contributed by atoms with E-state index < -0.39 is 0 Å². The number of methoxy groups -OCH3 is 1. The van der Waals surface area contributed by atoms with Crippen molar-refractivity contribution in [1.82, 2.24) is 15.5 Å². The van der Waals surface area contributed by atoms with Crippen LogP contribution in [0.5, 0.6) is 5.88 Å². The molecule has 0 fully saturated rings. The number of ether oxygens (including phenoxy) is 1. The molecule has 0 aliphatic heterocycles. The van der Waals surface area contributed by atoms with Gasteiger partial charge in [0.1, 0.15) is 0 Å². The second-order valence-corrected chi connectivity index (χ2v) is 4.54. The Morgan fingerprint density at radius 2 is 1.94 bits per heavy atom. The molecule has 18 heavy (non-hydrogen) atoms. The molecule has 0 amide bonds. The molecule has 4 heteroatoms. The second kappa shape index (κ2) is 8.86. The fourth-order valence-corrected chi connectivity index (χ4v) is 2.02. The molecule has 1 aromatic heterocycles. The third kappa shape index (κ3) is 5.00. The Bertz CT molecular complexity index is 313. The molecule has 0 saturated heterocycles. The van der Waals surface area contributed by atoms with Crippen LogP contribution in [0.4, 0.5) is 0 Å². The zero-order chi connectivity index (χ0) is 13.2. The third-order valence-corrected chi connectivity index (χ3v) is 3.17. The summed E-state index contributed by atoms with van der Waals surface area (Å²) in [4.78, 5) is 0. The summed E-state index contributed by atoms with van der Waals surface area (Å²) in [7, 11) is 3.58. The van der Waals surface area contributed by atoms with Crippen molar-refractivity contribution in [3.63, 3.8) is 0 Å². The minimum Gasteiger partial charge on any atom is -0.480 e. The first kappa shape index (κ1) is 14.9. The molecule has 1 N–H and O–H groups in total. The van der Waals surface area contributed by atoms with E-state index in [1.165, 1.54) is 32.1 Å². The van der Waals surface area contributed by atoms with Crippen molar-refractivity contribution < 1.29 is 4.74 Å². The first-order valence-corrected chi connectivity index (χ1v) is 6.86. The van der Waals surface area contributed by atoms with Crippen molar-refractivity contribution in [3.8, 4) is 5.88 Å². The monoisotopic (exact) mass is 251 g/mol. The predicted molar refractivity (Wildman–Crippen MR) is 73.8 cm³/mol. The summed E-state index contributed by atoms with van der Waals surface area (Å²) in [6, 6.07) is 4.15. The Morgan fingerprint density at radius 1 is 1.17 bits per heavy atom. The molecule has 0 radical (unpaired) electrons. The molecule has 0 bridgehead atoms. The first-order valence-electron chi connectivity index (χ1n) is 6.86. The Kier molecular flexibility index (Phi) is 7.34. The number of hydrogen-bond donors (Lipinski definition) is 1. The van der Waals surface area contributed by atoms with Gasteiger partial charge < -0.3 is 10.1 Å². The molecule has 0 aromatic carbocycles. The van der Waals surface area contributed by atoms with E-state index >= 15 is 0 Å². The number of hydrogen-bond acceptors (Lipinski definition) is 4. The van der Waals surface area contributed by atoms with Crippen molar-refractivity contribution in [2.75, 3.05) is 14.2 Å². The molecule has 0 saturated carbocycles. The summed E-state index contributed by atoms with van der Waals surface area (Å²) in [5.41, 5.74) is 0.994. The highest BCUT2D eigenvalue weighted by molar-refractivity contribution is 5.13. The van der Waals surface area contributed by atoms with E-state index in [-0.39, 0.29) is 0 Å². The Hall–Kier alpha value is -1.16. The molecule has 102 valence electrons. The van der Waals surface area contributed by atoms with E-state index in [0.717, 1.165) is 12.1 Å². The van der Waals surface area contributed by atoms with Gasteiger partial charge in [0.2, 0.25) is 5.88 Å². The lowest BCUT2D eigenvalue weighted by molar-refractivity contribution is 0.388. The van der Waals surface area contributed by atoms with Crippen molar-refractivity contribution in [2.45, 2.75) is 51.5 Å². The maximum atomic E-state index is 5.01. The van der Waals surface area contributed by atoms with E-state index in [9.17, 15) is 0 Å². The van der Waals surface area contributed by atoms with Crippen LogP contribution in [0, 0.1) is 0 Å². The summed E-state index contributed by atoms with van der Waals surface area (Å²) in [5.74, 6) is 0.566. The van der Waals surface area contributed by atoms with Gasteiger partial charge in [-0.1, -0.05) is 39.0 Å². The van der Waals surface area contributed by atoms with Crippen LogP contribution in [0.1, 0.15) is 57.2 Å². The van der Waals surface area contributed by atoms with Crippen molar-refractivity contribution in [2.24, 2.45) is 0 Å². The molecule has 4 nitrogen and oxygen atoms in total. The predicted octanol–water partition coefficient (Wildman–Crippen LogP) is 3.11.